The third kappa shape index (κ3) is 6.66. The minimum Gasteiger partial charge on any atom is -0.374 e. The number of H-pyrrole nitrogens is 1. The summed E-state index contributed by atoms with van der Waals surface area (Å²) in [6.07, 6.45) is -4.84. The highest BCUT2D eigenvalue weighted by Gasteiger charge is 2.51. The van der Waals surface area contributed by atoms with Gasteiger partial charge in [0, 0.05) is 19.4 Å². The topological polar surface area (TPSA) is 196 Å². The zero-order chi connectivity index (χ0) is 22.0. The second-order valence-electron chi connectivity index (χ2n) is 6.26. The molecule has 0 radical (unpaired) electrons. The summed E-state index contributed by atoms with van der Waals surface area (Å²) in [7, 11) is -8.35. The molecule has 166 valence electrons. The summed E-state index contributed by atoms with van der Waals surface area (Å²) in [5, 5.41) is 0. The van der Waals surface area contributed by atoms with Gasteiger partial charge >= 0.3 is 21.3 Å². The van der Waals surface area contributed by atoms with E-state index < -0.39 is 64.1 Å². The molecule has 29 heavy (non-hydrogen) atoms. The molecule has 1 aromatic rings. The zero-order valence-electron chi connectivity index (χ0n) is 15.6. The number of aromatic nitrogens is 2. The number of phosphoric ester groups is 2. The molecule has 4 N–H and O–H groups in total. The summed E-state index contributed by atoms with van der Waals surface area (Å²) < 4.78 is 49.4. The van der Waals surface area contributed by atoms with Gasteiger partial charge in [0.05, 0.1) is 12.7 Å². The number of phosphoric acid groups is 2. The van der Waals surface area contributed by atoms with Crippen molar-refractivity contribution in [3.8, 4) is 0 Å². The summed E-state index contributed by atoms with van der Waals surface area (Å²) in [6, 6.07) is 1.03. The molecule has 1 saturated heterocycles. The first-order valence-corrected chi connectivity index (χ1v) is 11.2. The standard InChI is InChI=1S/C13H22N2O12P2/c1-7(2)26-29(21,22)27-10-8(6-24-28(18,19)20)25-12(11(10)23-3)15-5-4-9(16)14-13(15)17/h4-5,7-8,10-12H,6H2,1-3H3,(H,21,22)(H,14,16,17)(H2,18,19,20)/t8-,10-,11?,12+/m0/s1. The second-order valence-corrected chi connectivity index (χ2v) is 8.86. The van der Waals surface area contributed by atoms with Crippen LogP contribution in [0.4, 0.5) is 0 Å². The Balaban J connectivity index is 2.38. The number of ether oxygens (including phenoxy) is 2. The fourth-order valence-corrected chi connectivity index (χ4v) is 4.17. The van der Waals surface area contributed by atoms with Crippen LogP contribution in [0.2, 0.25) is 0 Å². The van der Waals surface area contributed by atoms with Crippen molar-refractivity contribution in [2.45, 2.75) is 44.5 Å². The number of aromatic amines is 1. The molecule has 2 unspecified atom stereocenters. The lowest BCUT2D eigenvalue weighted by atomic mass is 10.1. The monoisotopic (exact) mass is 460 g/mol. The summed E-state index contributed by atoms with van der Waals surface area (Å²) in [4.78, 5) is 53.2. The Hall–Kier alpha value is -1.18. The van der Waals surface area contributed by atoms with E-state index in [1.54, 1.807) is 0 Å². The smallest absolute Gasteiger partial charge is 0.374 e. The molecule has 0 aliphatic carbocycles. The summed E-state index contributed by atoms with van der Waals surface area (Å²) in [6.45, 7) is 2.22. The Morgan fingerprint density at radius 2 is 1.90 bits per heavy atom. The molecular formula is C13H22N2O12P2. The number of hydrogen-bond acceptors (Lipinski definition) is 9. The fourth-order valence-electron chi connectivity index (χ4n) is 2.69. The van der Waals surface area contributed by atoms with Gasteiger partial charge in [-0.2, -0.15) is 0 Å². The van der Waals surface area contributed by atoms with Gasteiger partial charge in [-0.15, -0.1) is 0 Å². The van der Waals surface area contributed by atoms with Gasteiger partial charge < -0.3 is 24.2 Å². The van der Waals surface area contributed by atoms with Crippen molar-refractivity contribution in [3.05, 3.63) is 33.1 Å². The van der Waals surface area contributed by atoms with E-state index in [9.17, 15) is 23.6 Å². The normalized spacial score (nSPS) is 27.3. The van der Waals surface area contributed by atoms with Gasteiger partial charge in [-0.1, -0.05) is 0 Å². The lowest BCUT2D eigenvalue weighted by Crippen LogP contribution is -2.40. The minimum atomic E-state index is -4.91. The Kier molecular flexibility index (Phi) is 7.74. The molecule has 1 aliphatic rings. The van der Waals surface area contributed by atoms with Crippen LogP contribution in [0.15, 0.2) is 21.9 Å². The molecule has 0 amide bonds. The van der Waals surface area contributed by atoms with Crippen molar-refractivity contribution < 1.29 is 46.9 Å². The predicted octanol–water partition coefficient (Wildman–Crippen LogP) is -0.531. The molecule has 14 nitrogen and oxygen atoms in total. The lowest BCUT2D eigenvalue weighted by molar-refractivity contribution is -0.0620. The fraction of sp³-hybridized carbons (Fsp3) is 0.692. The van der Waals surface area contributed by atoms with Crippen molar-refractivity contribution in [1.82, 2.24) is 9.55 Å². The van der Waals surface area contributed by atoms with Crippen LogP contribution >= 0.6 is 15.6 Å². The van der Waals surface area contributed by atoms with Gasteiger partial charge in [0.2, 0.25) is 0 Å². The molecule has 1 aliphatic heterocycles. The largest absolute Gasteiger partial charge is 0.472 e. The summed E-state index contributed by atoms with van der Waals surface area (Å²) >= 11 is 0. The molecule has 0 aromatic carbocycles. The number of nitrogens with one attached hydrogen (secondary N) is 1. The van der Waals surface area contributed by atoms with Crippen LogP contribution in [-0.2, 0) is 32.2 Å². The van der Waals surface area contributed by atoms with Crippen molar-refractivity contribution in [2.24, 2.45) is 0 Å². The van der Waals surface area contributed by atoms with E-state index in [0.29, 0.717) is 0 Å². The van der Waals surface area contributed by atoms with E-state index in [0.717, 1.165) is 16.8 Å². The second kappa shape index (κ2) is 9.31. The molecule has 5 atom stereocenters. The van der Waals surface area contributed by atoms with E-state index in [1.165, 1.54) is 21.0 Å². The summed E-state index contributed by atoms with van der Waals surface area (Å²) in [5.41, 5.74) is -1.54. The van der Waals surface area contributed by atoms with E-state index >= 15 is 0 Å². The molecule has 1 aromatic heterocycles. The van der Waals surface area contributed by atoms with Crippen molar-refractivity contribution >= 4 is 15.6 Å². The van der Waals surface area contributed by atoms with Crippen LogP contribution in [0.1, 0.15) is 20.1 Å². The van der Waals surface area contributed by atoms with Crippen LogP contribution in [-0.4, -0.2) is 62.4 Å². The maximum atomic E-state index is 12.2. The van der Waals surface area contributed by atoms with Crippen molar-refractivity contribution in [3.63, 3.8) is 0 Å². The van der Waals surface area contributed by atoms with E-state index in [1.807, 2.05) is 4.98 Å². The van der Waals surface area contributed by atoms with E-state index in [4.69, 9.17) is 28.3 Å². The van der Waals surface area contributed by atoms with Crippen LogP contribution in [0.5, 0.6) is 0 Å². The molecule has 0 saturated carbocycles. The van der Waals surface area contributed by atoms with Gasteiger partial charge in [0.25, 0.3) is 5.56 Å². The third-order valence-corrected chi connectivity index (χ3v) is 5.37. The number of nitrogens with zero attached hydrogens (tertiary/aromatic N) is 1. The van der Waals surface area contributed by atoms with Crippen molar-refractivity contribution in [1.29, 1.82) is 0 Å². The van der Waals surface area contributed by atoms with E-state index in [-0.39, 0.29) is 0 Å². The molecule has 2 heterocycles. The number of hydrogen-bond donors (Lipinski definition) is 4. The Bertz CT molecular complexity index is 908. The van der Waals surface area contributed by atoms with Crippen LogP contribution in [0.3, 0.4) is 0 Å². The average Bonchev–Trinajstić information content (AvgIpc) is 2.87. The molecule has 0 spiro atoms. The molecule has 2 rings (SSSR count). The van der Waals surface area contributed by atoms with Gasteiger partial charge in [-0.25, -0.2) is 13.9 Å². The van der Waals surface area contributed by atoms with Crippen LogP contribution < -0.4 is 11.2 Å². The van der Waals surface area contributed by atoms with Gasteiger partial charge in [-0.3, -0.25) is 27.9 Å². The quantitative estimate of drug-likeness (QED) is 0.344. The molecule has 1 fully saturated rings. The lowest BCUT2D eigenvalue weighted by Gasteiger charge is -2.25. The zero-order valence-corrected chi connectivity index (χ0v) is 17.4. The molecular weight excluding hydrogens is 438 g/mol. The Morgan fingerprint density at radius 1 is 1.24 bits per heavy atom. The summed E-state index contributed by atoms with van der Waals surface area (Å²) in [5.74, 6) is 0. The average molecular weight is 460 g/mol. The maximum Gasteiger partial charge on any atom is 0.472 e. The third-order valence-electron chi connectivity index (χ3n) is 3.69. The maximum absolute atomic E-state index is 12.2. The highest BCUT2D eigenvalue weighted by molar-refractivity contribution is 7.47. The van der Waals surface area contributed by atoms with Crippen LogP contribution in [0, 0.1) is 0 Å². The van der Waals surface area contributed by atoms with Gasteiger partial charge in [-0.05, 0) is 13.8 Å². The predicted molar refractivity (Wildman–Crippen MR) is 94.9 cm³/mol. The first-order valence-electron chi connectivity index (χ1n) is 8.22. The van der Waals surface area contributed by atoms with Crippen LogP contribution in [0.25, 0.3) is 0 Å². The van der Waals surface area contributed by atoms with Crippen molar-refractivity contribution in [2.75, 3.05) is 13.7 Å². The Labute approximate surface area is 164 Å². The van der Waals surface area contributed by atoms with Gasteiger partial charge in [0.1, 0.15) is 18.3 Å². The number of rotatable bonds is 9. The van der Waals surface area contributed by atoms with E-state index in [2.05, 4.69) is 4.52 Å². The Morgan fingerprint density at radius 3 is 2.41 bits per heavy atom. The van der Waals surface area contributed by atoms with Gasteiger partial charge in [0.15, 0.2) is 6.23 Å². The highest BCUT2D eigenvalue weighted by Crippen LogP contribution is 2.50. The first-order chi connectivity index (χ1) is 13.3. The minimum absolute atomic E-state index is 0.669. The molecule has 16 heteroatoms. The SMILES string of the molecule is COC1[C@@H](OP(=O)(O)OC(C)C)[C@H](COP(=O)(O)O)O[C@H]1n1ccc(=O)[nH]c1=O. The number of methoxy groups -OCH3 is 1. The molecule has 0 bridgehead atoms. The highest BCUT2D eigenvalue weighted by atomic mass is 31.2. The first kappa shape index (κ1) is 24.1.